The molecule has 0 fully saturated rings. The summed E-state index contributed by atoms with van der Waals surface area (Å²) in [6, 6.07) is 2.80. The third kappa shape index (κ3) is 4.68. The molecule has 1 rings (SSSR count). The summed E-state index contributed by atoms with van der Waals surface area (Å²) < 4.78 is 61.1. The molecule has 0 spiro atoms. The molecule has 0 amide bonds. The predicted molar refractivity (Wildman–Crippen MR) is 53.4 cm³/mol. The molecule has 0 aromatic heterocycles. The molecule has 0 saturated carbocycles. The summed E-state index contributed by atoms with van der Waals surface area (Å²) >= 11 is 0. The summed E-state index contributed by atoms with van der Waals surface area (Å²) in [7, 11) is 0. The monoisotopic (exact) mass is 253 g/mol. The Morgan fingerprint density at radius 2 is 1.82 bits per heavy atom. The van der Waals surface area contributed by atoms with Gasteiger partial charge in [-0.05, 0) is 24.6 Å². The normalized spacial score (nSPS) is 13.8. The van der Waals surface area contributed by atoms with Crippen molar-refractivity contribution in [3.8, 4) is 0 Å². The standard InChI is InChI=1S/C11H12F5N/c1-7(17-5-4-11(14,15)16)8-2-3-9(12)10(13)6-8/h2-3,6-7,17H,4-5H2,1H3. The van der Waals surface area contributed by atoms with Crippen LogP contribution >= 0.6 is 0 Å². The number of nitrogens with one attached hydrogen (secondary N) is 1. The Hall–Kier alpha value is -1.17. The first-order valence-corrected chi connectivity index (χ1v) is 5.04. The minimum Gasteiger partial charge on any atom is -0.310 e. The Labute approximate surface area is 95.6 Å². The molecule has 1 unspecified atom stereocenters. The van der Waals surface area contributed by atoms with Gasteiger partial charge in [0, 0.05) is 12.6 Å². The van der Waals surface area contributed by atoms with E-state index in [0.717, 1.165) is 12.1 Å². The fraction of sp³-hybridized carbons (Fsp3) is 0.455. The van der Waals surface area contributed by atoms with Crippen LogP contribution in [-0.2, 0) is 0 Å². The van der Waals surface area contributed by atoms with Crippen LogP contribution in [-0.4, -0.2) is 12.7 Å². The Morgan fingerprint density at radius 3 is 2.35 bits per heavy atom. The van der Waals surface area contributed by atoms with E-state index in [2.05, 4.69) is 5.32 Å². The van der Waals surface area contributed by atoms with Crippen LogP contribution in [0.4, 0.5) is 22.0 Å². The largest absolute Gasteiger partial charge is 0.390 e. The lowest BCUT2D eigenvalue weighted by Crippen LogP contribution is -2.24. The Morgan fingerprint density at radius 1 is 1.18 bits per heavy atom. The molecule has 96 valence electrons. The number of halogens is 5. The summed E-state index contributed by atoms with van der Waals surface area (Å²) in [6.45, 7) is 1.33. The van der Waals surface area contributed by atoms with Crippen LogP contribution in [0.1, 0.15) is 24.9 Å². The zero-order chi connectivity index (χ0) is 13.1. The highest BCUT2D eigenvalue weighted by molar-refractivity contribution is 5.20. The third-order valence-electron chi connectivity index (χ3n) is 2.30. The first kappa shape index (κ1) is 13.9. The van der Waals surface area contributed by atoms with Crippen molar-refractivity contribution in [2.45, 2.75) is 25.6 Å². The predicted octanol–water partition coefficient (Wildman–Crippen LogP) is 3.57. The van der Waals surface area contributed by atoms with Crippen molar-refractivity contribution in [2.24, 2.45) is 0 Å². The van der Waals surface area contributed by atoms with E-state index in [1.165, 1.54) is 6.07 Å². The topological polar surface area (TPSA) is 12.0 Å². The lowest BCUT2D eigenvalue weighted by Gasteiger charge is -2.15. The highest BCUT2D eigenvalue weighted by Crippen LogP contribution is 2.20. The average Bonchev–Trinajstić information content (AvgIpc) is 2.20. The van der Waals surface area contributed by atoms with Crippen LogP contribution in [0.5, 0.6) is 0 Å². The van der Waals surface area contributed by atoms with Crippen molar-refractivity contribution in [1.82, 2.24) is 5.32 Å². The lowest BCUT2D eigenvalue weighted by atomic mass is 10.1. The van der Waals surface area contributed by atoms with Gasteiger partial charge in [0.15, 0.2) is 11.6 Å². The SMILES string of the molecule is CC(NCCC(F)(F)F)c1ccc(F)c(F)c1. The van der Waals surface area contributed by atoms with Crippen LogP contribution < -0.4 is 5.32 Å². The van der Waals surface area contributed by atoms with Gasteiger partial charge in [0.2, 0.25) is 0 Å². The van der Waals surface area contributed by atoms with E-state index in [1.54, 1.807) is 6.92 Å². The molecular formula is C11H12F5N. The first-order chi connectivity index (χ1) is 7.79. The quantitative estimate of drug-likeness (QED) is 0.809. The van der Waals surface area contributed by atoms with Crippen molar-refractivity contribution >= 4 is 0 Å². The van der Waals surface area contributed by atoms with Crippen molar-refractivity contribution in [2.75, 3.05) is 6.54 Å². The fourth-order valence-corrected chi connectivity index (χ4v) is 1.33. The molecule has 1 nitrogen and oxygen atoms in total. The zero-order valence-electron chi connectivity index (χ0n) is 9.11. The molecule has 1 N–H and O–H groups in total. The van der Waals surface area contributed by atoms with E-state index >= 15 is 0 Å². The second-order valence-corrected chi connectivity index (χ2v) is 3.71. The minimum absolute atomic E-state index is 0.260. The van der Waals surface area contributed by atoms with Crippen LogP contribution in [0.2, 0.25) is 0 Å². The van der Waals surface area contributed by atoms with E-state index < -0.39 is 30.3 Å². The number of hydrogen-bond donors (Lipinski definition) is 1. The summed E-state index contributed by atoms with van der Waals surface area (Å²) in [5.74, 6) is -1.98. The first-order valence-electron chi connectivity index (χ1n) is 5.04. The van der Waals surface area contributed by atoms with Crippen molar-refractivity contribution in [3.05, 3.63) is 35.4 Å². The van der Waals surface area contributed by atoms with Gasteiger partial charge in [-0.25, -0.2) is 8.78 Å². The van der Waals surface area contributed by atoms with Crippen LogP contribution in [0.3, 0.4) is 0 Å². The summed E-state index contributed by atoms with van der Waals surface area (Å²) in [5, 5.41) is 2.59. The smallest absolute Gasteiger partial charge is 0.310 e. The van der Waals surface area contributed by atoms with Crippen LogP contribution in [0, 0.1) is 11.6 Å². The third-order valence-corrected chi connectivity index (χ3v) is 2.30. The number of rotatable bonds is 4. The lowest BCUT2D eigenvalue weighted by molar-refractivity contribution is -0.133. The molecule has 1 atom stereocenters. The molecule has 1 aromatic rings. The Kier molecular flexibility index (Phi) is 4.45. The molecule has 0 radical (unpaired) electrons. The molecule has 1 aromatic carbocycles. The fourth-order valence-electron chi connectivity index (χ4n) is 1.33. The minimum atomic E-state index is -4.22. The van der Waals surface area contributed by atoms with Crippen molar-refractivity contribution in [1.29, 1.82) is 0 Å². The van der Waals surface area contributed by atoms with Gasteiger partial charge < -0.3 is 5.32 Å². The maximum Gasteiger partial charge on any atom is 0.390 e. The van der Waals surface area contributed by atoms with Crippen LogP contribution in [0.25, 0.3) is 0 Å². The summed E-state index contributed by atoms with van der Waals surface area (Å²) in [4.78, 5) is 0. The molecule has 0 aliphatic carbocycles. The number of alkyl halides is 3. The van der Waals surface area contributed by atoms with Gasteiger partial charge in [-0.3, -0.25) is 0 Å². The molecule has 0 aliphatic rings. The molecule has 0 aliphatic heterocycles. The summed E-state index contributed by atoms with van der Waals surface area (Å²) in [5.41, 5.74) is 0.408. The van der Waals surface area contributed by atoms with Gasteiger partial charge in [0.1, 0.15) is 0 Å². The molecule has 0 saturated heterocycles. The number of hydrogen-bond acceptors (Lipinski definition) is 1. The molecule has 6 heteroatoms. The Balaban J connectivity index is 2.52. The highest BCUT2D eigenvalue weighted by atomic mass is 19.4. The van der Waals surface area contributed by atoms with Gasteiger partial charge in [-0.2, -0.15) is 13.2 Å². The van der Waals surface area contributed by atoms with Gasteiger partial charge in [-0.15, -0.1) is 0 Å². The molecule has 17 heavy (non-hydrogen) atoms. The van der Waals surface area contributed by atoms with Crippen molar-refractivity contribution < 1.29 is 22.0 Å². The molecular weight excluding hydrogens is 241 g/mol. The molecule has 0 heterocycles. The van der Waals surface area contributed by atoms with Gasteiger partial charge in [0.05, 0.1) is 6.42 Å². The maximum atomic E-state index is 12.9. The maximum absolute atomic E-state index is 12.9. The zero-order valence-corrected chi connectivity index (χ0v) is 9.11. The Bertz CT molecular complexity index is 375. The highest BCUT2D eigenvalue weighted by Gasteiger charge is 2.26. The van der Waals surface area contributed by atoms with E-state index in [9.17, 15) is 22.0 Å². The second kappa shape index (κ2) is 5.44. The second-order valence-electron chi connectivity index (χ2n) is 3.71. The van der Waals surface area contributed by atoms with E-state index in [-0.39, 0.29) is 6.54 Å². The van der Waals surface area contributed by atoms with E-state index in [0.29, 0.717) is 5.56 Å². The number of benzene rings is 1. The van der Waals surface area contributed by atoms with Gasteiger partial charge in [0.25, 0.3) is 0 Å². The van der Waals surface area contributed by atoms with E-state index in [4.69, 9.17) is 0 Å². The van der Waals surface area contributed by atoms with E-state index in [1.807, 2.05) is 0 Å². The summed E-state index contributed by atoms with van der Waals surface area (Å²) in [6.07, 6.45) is -5.18. The molecule has 0 bridgehead atoms. The van der Waals surface area contributed by atoms with Gasteiger partial charge in [-0.1, -0.05) is 6.07 Å². The van der Waals surface area contributed by atoms with Crippen LogP contribution in [0.15, 0.2) is 18.2 Å². The van der Waals surface area contributed by atoms with Gasteiger partial charge >= 0.3 is 6.18 Å². The average molecular weight is 253 g/mol. The van der Waals surface area contributed by atoms with Crippen molar-refractivity contribution in [3.63, 3.8) is 0 Å².